The second kappa shape index (κ2) is 7.72. The lowest BCUT2D eigenvalue weighted by molar-refractivity contribution is 0.111. The Morgan fingerprint density at radius 3 is 3.00 bits per heavy atom. The quantitative estimate of drug-likeness (QED) is 0.577. The average Bonchev–Trinajstić information content (AvgIpc) is 2.96. The monoisotopic (exact) mass is 291 g/mol. The van der Waals surface area contributed by atoms with Crippen molar-refractivity contribution in [3.05, 3.63) is 29.4 Å². The number of anilines is 1. The molecule has 0 aliphatic heterocycles. The predicted molar refractivity (Wildman–Crippen MR) is 80.2 cm³/mol. The van der Waals surface area contributed by atoms with E-state index in [0.717, 1.165) is 48.5 Å². The largest absolute Gasteiger partial charge is 0.396 e. The maximum atomic E-state index is 10.6. The molecule has 2 aromatic rings. The van der Waals surface area contributed by atoms with E-state index in [0.29, 0.717) is 5.69 Å². The standard InChI is InChI=1S/C14H17N3O2S/c18-7-3-1-2-5-15-13-8-11(4-6-16-13)14-17-12(9-19)10-20-14/h4,6,8-10,18H,1-3,5,7H2,(H,15,16). The second-order valence-corrected chi connectivity index (χ2v) is 5.19. The highest BCUT2D eigenvalue weighted by Gasteiger charge is 2.05. The average molecular weight is 291 g/mol. The SMILES string of the molecule is O=Cc1csc(-c2ccnc(NCCCCCO)c2)n1. The third kappa shape index (κ3) is 4.11. The van der Waals surface area contributed by atoms with Crippen LogP contribution in [-0.4, -0.2) is 34.5 Å². The summed E-state index contributed by atoms with van der Waals surface area (Å²) in [4.78, 5) is 19.1. The first-order valence-corrected chi connectivity index (χ1v) is 7.43. The fourth-order valence-electron chi connectivity index (χ4n) is 1.76. The number of nitrogens with zero attached hydrogens (tertiary/aromatic N) is 2. The van der Waals surface area contributed by atoms with Gasteiger partial charge in [-0.25, -0.2) is 9.97 Å². The molecule has 0 fully saturated rings. The van der Waals surface area contributed by atoms with E-state index in [4.69, 9.17) is 5.11 Å². The van der Waals surface area contributed by atoms with Crippen molar-refractivity contribution in [2.24, 2.45) is 0 Å². The zero-order valence-electron chi connectivity index (χ0n) is 11.1. The highest BCUT2D eigenvalue weighted by Crippen LogP contribution is 2.24. The number of carbonyl (C=O) groups excluding carboxylic acids is 1. The van der Waals surface area contributed by atoms with E-state index < -0.39 is 0 Å². The summed E-state index contributed by atoms with van der Waals surface area (Å²) < 4.78 is 0. The third-order valence-corrected chi connectivity index (χ3v) is 3.70. The fraction of sp³-hybridized carbons (Fsp3) is 0.357. The highest BCUT2D eigenvalue weighted by molar-refractivity contribution is 7.13. The van der Waals surface area contributed by atoms with E-state index in [1.54, 1.807) is 11.6 Å². The molecular weight excluding hydrogens is 274 g/mol. The summed E-state index contributed by atoms with van der Waals surface area (Å²) >= 11 is 1.45. The first kappa shape index (κ1) is 14.6. The molecule has 0 aliphatic carbocycles. The minimum absolute atomic E-state index is 0.247. The van der Waals surface area contributed by atoms with Crippen molar-refractivity contribution in [2.75, 3.05) is 18.5 Å². The molecule has 0 aromatic carbocycles. The van der Waals surface area contributed by atoms with Crippen LogP contribution in [0.5, 0.6) is 0 Å². The first-order chi connectivity index (χ1) is 9.83. The summed E-state index contributed by atoms with van der Waals surface area (Å²) in [7, 11) is 0. The number of carbonyl (C=O) groups is 1. The molecule has 0 atom stereocenters. The zero-order valence-corrected chi connectivity index (χ0v) is 11.9. The molecule has 2 N–H and O–H groups in total. The van der Waals surface area contributed by atoms with Crippen molar-refractivity contribution in [3.63, 3.8) is 0 Å². The summed E-state index contributed by atoms with van der Waals surface area (Å²) in [5.74, 6) is 0.800. The number of aliphatic hydroxyl groups excluding tert-OH is 1. The van der Waals surface area contributed by atoms with E-state index >= 15 is 0 Å². The summed E-state index contributed by atoms with van der Waals surface area (Å²) in [5.41, 5.74) is 1.41. The number of unbranched alkanes of at least 4 members (excludes halogenated alkanes) is 2. The Balaban J connectivity index is 1.95. The highest BCUT2D eigenvalue weighted by atomic mass is 32.1. The number of nitrogens with one attached hydrogen (secondary N) is 1. The Kier molecular flexibility index (Phi) is 5.64. The molecule has 0 radical (unpaired) electrons. The van der Waals surface area contributed by atoms with E-state index in [2.05, 4.69) is 15.3 Å². The van der Waals surface area contributed by atoms with Crippen LogP contribution in [0.25, 0.3) is 10.6 Å². The number of aliphatic hydroxyl groups is 1. The molecule has 20 heavy (non-hydrogen) atoms. The van der Waals surface area contributed by atoms with Crippen LogP contribution in [0.15, 0.2) is 23.7 Å². The molecule has 2 rings (SSSR count). The summed E-state index contributed by atoms with van der Waals surface area (Å²) in [6, 6.07) is 3.81. The number of rotatable bonds is 8. The molecule has 0 spiro atoms. The van der Waals surface area contributed by atoms with E-state index in [1.165, 1.54) is 11.3 Å². The normalized spacial score (nSPS) is 10.4. The van der Waals surface area contributed by atoms with Crippen LogP contribution in [0.4, 0.5) is 5.82 Å². The van der Waals surface area contributed by atoms with Crippen LogP contribution in [0, 0.1) is 0 Å². The van der Waals surface area contributed by atoms with Crippen LogP contribution < -0.4 is 5.32 Å². The molecule has 2 heterocycles. The van der Waals surface area contributed by atoms with Gasteiger partial charge in [-0.2, -0.15) is 0 Å². The van der Waals surface area contributed by atoms with Gasteiger partial charge in [0.2, 0.25) is 0 Å². The lowest BCUT2D eigenvalue weighted by atomic mass is 10.2. The molecule has 0 saturated carbocycles. The Morgan fingerprint density at radius 1 is 1.35 bits per heavy atom. The first-order valence-electron chi connectivity index (χ1n) is 6.55. The van der Waals surface area contributed by atoms with Gasteiger partial charge < -0.3 is 10.4 Å². The van der Waals surface area contributed by atoms with E-state index in [9.17, 15) is 4.79 Å². The molecule has 0 saturated heterocycles. The van der Waals surface area contributed by atoms with Crippen LogP contribution >= 0.6 is 11.3 Å². The minimum Gasteiger partial charge on any atom is -0.396 e. The Bertz CT molecular complexity index is 557. The third-order valence-electron chi connectivity index (χ3n) is 2.79. The van der Waals surface area contributed by atoms with Crippen molar-refractivity contribution >= 4 is 23.4 Å². The maximum absolute atomic E-state index is 10.6. The molecular formula is C14H17N3O2S. The van der Waals surface area contributed by atoms with Gasteiger partial charge in [0.15, 0.2) is 6.29 Å². The van der Waals surface area contributed by atoms with E-state index in [1.807, 2.05) is 12.1 Å². The minimum atomic E-state index is 0.247. The van der Waals surface area contributed by atoms with Crippen molar-refractivity contribution in [2.45, 2.75) is 19.3 Å². The van der Waals surface area contributed by atoms with Gasteiger partial charge in [-0.15, -0.1) is 11.3 Å². The van der Waals surface area contributed by atoms with Crippen LogP contribution in [0.3, 0.4) is 0 Å². The smallest absolute Gasteiger partial charge is 0.169 e. The van der Waals surface area contributed by atoms with E-state index in [-0.39, 0.29) is 6.61 Å². The lowest BCUT2D eigenvalue weighted by Gasteiger charge is -2.06. The molecule has 0 aliphatic rings. The Labute approximate surface area is 121 Å². The van der Waals surface area contributed by atoms with Crippen molar-refractivity contribution < 1.29 is 9.90 Å². The molecule has 5 nitrogen and oxygen atoms in total. The van der Waals surface area contributed by atoms with Crippen molar-refractivity contribution in [1.29, 1.82) is 0 Å². The summed E-state index contributed by atoms with van der Waals surface area (Å²) in [6.07, 6.45) is 5.31. The second-order valence-electron chi connectivity index (χ2n) is 4.34. The Morgan fingerprint density at radius 2 is 2.25 bits per heavy atom. The van der Waals surface area contributed by atoms with Gasteiger partial charge in [0.05, 0.1) is 0 Å². The summed E-state index contributed by atoms with van der Waals surface area (Å²) in [5, 5.41) is 14.5. The number of aromatic nitrogens is 2. The number of pyridine rings is 1. The van der Waals surface area contributed by atoms with Gasteiger partial charge in [-0.1, -0.05) is 0 Å². The molecule has 2 aromatic heterocycles. The van der Waals surface area contributed by atoms with Gasteiger partial charge in [0, 0.05) is 30.3 Å². The van der Waals surface area contributed by atoms with Crippen LogP contribution in [-0.2, 0) is 0 Å². The predicted octanol–water partition coefficient (Wildman–Crippen LogP) is 2.59. The van der Waals surface area contributed by atoms with Gasteiger partial charge in [0.1, 0.15) is 16.5 Å². The number of thiazole rings is 1. The molecule has 0 bridgehead atoms. The molecule has 6 heteroatoms. The lowest BCUT2D eigenvalue weighted by Crippen LogP contribution is -2.03. The molecule has 0 unspecified atom stereocenters. The molecule has 106 valence electrons. The Hall–Kier alpha value is -1.79. The number of aldehydes is 1. The van der Waals surface area contributed by atoms with Gasteiger partial charge >= 0.3 is 0 Å². The van der Waals surface area contributed by atoms with Crippen molar-refractivity contribution in [3.8, 4) is 10.6 Å². The summed E-state index contributed by atoms with van der Waals surface area (Å²) in [6.45, 7) is 1.07. The fourth-order valence-corrected chi connectivity index (χ4v) is 2.52. The van der Waals surface area contributed by atoms with Gasteiger partial charge in [0.25, 0.3) is 0 Å². The van der Waals surface area contributed by atoms with Gasteiger partial charge in [-0.05, 0) is 31.4 Å². The molecule has 0 amide bonds. The zero-order chi connectivity index (χ0) is 14.2. The van der Waals surface area contributed by atoms with Crippen molar-refractivity contribution in [1.82, 2.24) is 9.97 Å². The number of hydrogen-bond acceptors (Lipinski definition) is 6. The number of hydrogen-bond donors (Lipinski definition) is 2. The maximum Gasteiger partial charge on any atom is 0.169 e. The topological polar surface area (TPSA) is 75.1 Å². The van der Waals surface area contributed by atoms with Crippen LogP contribution in [0.2, 0.25) is 0 Å². The van der Waals surface area contributed by atoms with Gasteiger partial charge in [-0.3, -0.25) is 4.79 Å². The van der Waals surface area contributed by atoms with Crippen LogP contribution in [0.1, 0.15) is 29.8 Å².